The maximum Gasteiger partial charge on any atom is 0.327 e. The van der Waals surface area contributed by atoms with Crippen LogP contribution in [0.4, 0.5) is 0 Å². The first-order chi connectivity index (χ1) is 8.61. The predicted octanol–water partition coefficient (Wildman–Crippen LogP) is 1.02. The maximum absolute atomic E-state index is 12.3. The van der Waals surface area contributed by atoms with E-state index in [4.69, 9.17) is 0 Å². The van der Waals surface area contributed by atoms with Gasteiger partial charge in [-0.2, -0.15) is 0 Å². The lowest BCUT2D eigenvalue weighted by molar-refractivity contribution is -0.156. The quantitative estimate of drug-likeness (QED) is 0.760. The summed E-state index contributed by atoms with van der Waals surface area (Å²) in [5, 5.41) is 9.27. The first-order valence-electron chi connectivity index (χ1n) is 6.71. The van der Waals surface area contributed by atoms with E-state index in [9.17, 15) is 19.5 Å². The molecule has 0 aromatic rings. The van der Waals surface area contributed by atoms with E-state index in [1.165, 1.54) is 0 Å². The summed E-state index contributed by atoms with van der Waals surface area (Å²) >= 11 is 0. The van der Waals surface area contributed by atoms with Gasteiger partial charge < -0.3 is 5.11 Å². The molecular weight excluding hydrogens is 234 g/mol. The third-order valence-electron chi connectivity index (χ3n) is 4.47. The summed E-state index contributed by atoms with van der Waals surface area (Å²) < 4.78 is 0. The number of carboxylic acid groups (broad SMARTS) is 1. The summed E-state index contributed by atoms with van der Waals surface area (Å²) in [6.45, 7) is 0. The molecule has 3 fully saturated rings. The molecule has 3 atom stereocenters. The Hall–Kier alpha value is -1.39. The van der Waals surface area contributed by atoms with Crippen LogP contribution < -0.4 is 0 Å². The largest absolute Gasteiger partial charge is 0.480 e. The molecule has 0 aromatic carbocycles. The number of hydrogen-bond donors (Lipinski definition) is 1. The fraction of sp³-hybridized carbons (Fsp3) is 0.769. The molecule has 5 heteroatoms. The normalized spacial score (nSPS) is 33.4. The topological polar surface area (TPSA) is 74.7 Å². The molecule has 0 bridgehead atoms. The van der Waals surface area contributed by atoms with Crippen LogP contribution >= 0.6 is 0 Å². The molecule has 5 nitrogen and oxygen atoms in total. The van der Waals surface area contributed by atoms with Crippen molar-refractivity contribution in [3.8, 4) is 0 Å². The molecule has 2 amide bonds. The highest BCUT2D eigenvalue weighted by molar-refractivity contribution is 6.07. The molecule has 2 aliphatic carbocycles. The Kier molecular flexibility index (Phi) is 2.64. The van der Waals surface area contributed by atoms with Crippen LogP contribution in [-0.2, 0) is 14.4 Å². The van der Waals surface area contributed by atoms with E-state index in [-0.39, 0.29) is 29.6 Å². The van der Waals surface area contributed by atoms with E-state index in [0.29, 0.717) is 0 Å². The molecule has 0 radical (unpaired) electrons. The van der Waals surface area contributed by atoms with Gasteiger partial charge in [-0.05, 0) is 31.6 Å². The number of imide groups is 1. The van der Waals surface area contributed by atoms with E-state index >= 15 is 0 Å². The van der Waals surface area contributed by atoms with Crippen molar-refractivity contribution in [1.82, 2.24) is 4.90 Å². The number of fused-ring (bicyclic) bond motifs is 1. The summed E-state index contributed by atoms with van der Waals surface area (Å²) in [6, 6.07) is -0.907. The van der Waals surface area contributed by atoms with Crippen LogP contribution in [0.15, 0.2) is 0 Å². The van der Waals surface area contributed by atoms with Gasteiger partial charge in [0.25, 0.3) is 0 Å². The van der Waals surface area contributed by atoms with E-state index in [1.807, 2.05) is 0 Å². The number of carbonyl (C=O) groups excluding carboxylic acids is 2. The molecule has 0 spiro atoms. The van der Waals surface area contributed by atoms with Gasteiger partial charge in [0, 0.05) is 0 Å². The average molecular weight is 251 g/mol. The lowest BCUT2D eigenvalue weighted by atomic mass is 9.81. The van der Waals surface area contributed by atoms with E-state index < -0.39 is 12.0 Å². The third-order valence-corrected chi connectivity index (χ3v) is 4.47. The summed E-state index contributed by atoms with van der Waals surface area (Å²) in [5.41, 5.74) is 0. The van der Waals surface area contributed by atoms with Gasteiger partial charge in [-0.3, -0.25) is 14.5 Å². The van der Waals surface area contributed by atoms with Crippen molar-refractivity contribution in [3.63, 3.8) is 0 Å². The number of rotatable bonds is 3. The number of carboxylic acids is 1. The van der Waals surface area contributed by atoms with Crippen molar-refractivity contribution in [1.29, 1.82) is 0 Å². The molecule has 1 aliphatic heterocycles. The van der Waals surface area contributed by atoms with Crippen LogP contribution in [0.1, 0.15) is 38.5 Å². The van der Waals surface area contributed by atoms with Crippen molar-refractivity contribution in [2.24, 2.45) is 17.8 Å². The van der Waals surface area contributed by atoms with Crippen molar-refractivity contribution < 1.29 is 19.5 Å². The monoisotopic (exact) mass is 251 g/mol. The minimum Gasteiger partial charge on any atom is -0.480 e. The van der Waals surface area contributed by atoms with Gasteiger partial charge in [0.15, 0.2) is 0 Å². The first-order valence-corrected chi connectivity index (χ1v) is 6.71. The fourth-order valence-electron chi connectivity index (χ4n) is 3.40. The number of nitrogens with zero attached hydrogens (tertiary/aromatic N) is 1. The summed E-state index contributed by atoms with van der Waals surface area (Å²) in [7, 11) is 0. The molecule has 1 saturated heterocycles. The van der Waals surface area contributed by atoms with Gasteiger partial charge in [-0.25, -0.2) is 4.79 Å². The summed E-state index contributed by atoms with van der Waals surface area (Å²) in [6.07, 6.45) is 5.03. The van der Waals surface area contributed by atoms with Gasteiger partial charge in [0.05, 0.1) is 11.8 Å². The molecule has 98 valence electrons. The van der Waals surface area contributed by atoms with Crippen LogP contribution in [0.25, 0.3) is 0 Å². The van der Waals surface area contributed by atoms with Gasteiger partial charge in [0.1, 0.15) is 6.04 Å². The molecular formula is C13H17NO4. The third kappa shape index (κ3) is 1.64. The van der Waals surface area contributed by atoms with Crippen LogP contribution in [0.2, 0.25) is 0 Å². The Bertz CT molecular complexity index is 391. The van der Waals surface area contributed by atoms with Crippen LogP contribution in [-0.4, -0.2) is 33.8 Å². The fourth-order valence-corrected chi connectivity index (χ4v) is 3.40. The SMILES string of the molecule is O=C(O)C(C1CC1)N1C(=O)C2CCCCC2C1=O. The maximum atomic E-state index is 12.3. The zero-order chi connectivity index (χ0) is 12.9. The predicted molar refractivity (Wildman–Crippen MR) is 61.4 cm³/mol. The standard InChI is InChI=1S/C13H17NO4/c15-11-8-3-1-2-4-9(8)12(16)14(11)10(13(17)18)7-5-6-7/h7-10H,1-6H2,(H,17,18). The Labute approximate surface area is 105 Å². The molecule has 3 rings (SSSR count). The Balaban J connectivity index is 1.89. The zero-order valence-electron chi connectivity index (χ0n) is 10.2. The highest BCUT2D eigenvalue weighted by atomic mass is 16.4. The summed E-state index contributed by atoms with van der Waals surface area (Å²) in [5.74, 6) is -2.00. The van der Waals surface area contributed by atoms with Crippen molar-refractivity contribution in [2.45, 2.75) is 44.6 Å². The Morgan fingerprint density at radius 1 is 1.06 bits per heavy atom. The zero-order valence-corrected chi connectivity index (χ0v) is 10.2. The summed E-state index contributed by atoms with van der Waals surface area (Å²) in [4.78, 5) is 36.9. The Morgan fingerprint density at radius 2 is 1.56 bits per heavy atom. The molecule has 1 heterocycles. The average Bonchev–Trinajstić information content (AvgIpc) is 3.14. The Morgan fingerprint density at radius 3 is 1.94 bits per heavy atom. The van der Waals surface area contributed by atoms with E-state index in [1.54, 1.807) is 0 Å². The second-order valence-electron chi connectivity index (χ2n) is 5.66. The molecule has 18 heavy (non-hydrogen) atoms. The minimum atomic E-state index is -1.03. The van der Waals surface area contributed by atoms with E-state index in [0.717, 1.165) is 43.4 Å². The van der Waals surface area contributed by atoms with Gasteiger partial charge in [-0.15, -0.1) is 0 Å². The van der Waals surface area contributed by atoms with Crippen LogP contribution in [0.3, 0.4) is 0 Å². The lowest BCUT2D eigenvalue weighted by Crippen LogP contribution is -2.46. The smallest absolute Gasteiger partial charge is 0.327 e. The number of aliphatic carboxylic acids is 1. The van der Waals surface area contributed by atoms with Crippen molar-refractivity contribution >= 4 is 17.8 Å². The van der Waals surface area contributed by atoms with Crippen molar-refractivity contribution in [2.75, 3.05) is 0 Å². The highest BCUT2D eigenvalue weighted by Crippen LogP contribution is 2.43. The lowest BCUT2D eigenvalue weighted by Gasteiger charge is -2.22. The number of carbonyl (C=O) groups is 3. The highest BCUT2D eigenvalue weighted by Gasteiger charge is 2.55. The van der Waals surface area contributed by atoms with Crippen LogP contribution in [0, 0.1) is 17.8 Å². The number of hydrogen-bond acceptors (Lipinski definition) is 3. The van der Waals surface area contributed by atoms with Gasteiger partial charge in [-0.1, -0.05) is 12.8 Å². The van der Waals surface area contributed by atoms with E-state index in [2.05, 4.69) is 0 Å². The molecule has 3 unspecified atom stereocenters. The number of likely N-dealkylation sites (tertiary alicyclic amines) is 1. The van der Waals surface area contributed by atoms with Gasteiger partial charge >= 0.3 is 5.97 Å². The minimum absolute atomic E-state index is 0.0180. The van der Waals surface area contributed by atoms with Crippen LogP contribution in [0.5, 0.6) is 0 Å². The molecule has 3 aliphatic rings. The van der Waals surface area contributed by atoms with Crippen molar-refractivity contribution in [3.05, 3.63) is 0 Å². The molecule has 2 saturated carbocycles. The van der Waals surface area contributed by atoms with Gasteiger partial charge in [0.2, 0.25) is 11.8 Å². The molecule has 1 N–H and O–H groups in total. The first kappa shape index (κ1) is 11.7. The second-order valence-corrected chi connectivity index (χ2v) is 5.66. The second kappa shape index (κ2) is 4.07. The number of amides is 2. The molecule has 0 aromatic heterocycles.